The Morgan fingerprint density at radius 1 is 0.886 bits per heavy atom. The van der Waals surface area contributed by atoms with Gasteiger partial charge in [0, 0.05) is 24.8 Å². The molecule has 0 heterocycles. The summed E-state index contributed by atoms with van der Waals surface area (Å²) in [7, 11) is 0. The van der Waals surface area contributed by atoms with E-state index >= 15 is 0 Å². The van der Waals surface area contributed by atoms with Gasteiger partial charge in [0.2, 0.25) is 11.8 Å². The first-order valence-electron chi connectivity index (χ1n) is 11.5. The molecule has 3 aromatic rings. The number of benzene rings is 3. The molecule has 7 heteroatoms. The Balaban J connectivity index is 1.84. The molecule has 0 aliphatic rings. The van der Waals surface area contributed by atoms with Gasteiger partial charge in [-0.3, -0.25) is 9.59 Å². The van der Waals surface area contributed by atoms with Gasteiger partial charge < -0.3 is 10.2 Å². The minimum atomic E-state index is -0.758. The predicted octanol–water partition coefficient (Wildman–Crippen LogP) is 5.36. The maximum atomic E-state index is 14.0. The van der Waals surface area contributed by atoms with Crippen molar-refractivity contribution in [3.8, 4) is 0 Å². The van der Waals surface area contributed by atoms with Crippen LogP contribution in [0.2, 0.25) is 0 Å². The van der Waals surface area contributed by atoms with Gasteiger partial charge in [-0.15, -0.1) is 11.8 Å². The summed E-state index contributed by atoms with van der Waals surface area (Å²) < 4.78 is 27.5. The molecule has 0 saturated heterocycles. The zero-order chi connectivity index (χ0) is 25.2. The van der Waals surface area contributed by atoms with Crippen molar-refractivity contribution >= 4 is 23.6 Å². The second-order valence-corrected chi connectivity index (χ2v) is 9.59. The van der Waals surface area contributed by atoms with E-state index in [1.807, 2.05) is 44.2 Å². The van der Waals surface area contributed by atoms with Crippen LogP contribution >= 0.6 is 11.8 Å². The number of amides is 2. The van der Waals surface area contributed by atoms with Crippen LogP contribution in [0.5, 0.6) is 0 Å². The van der Waals surface area contributed by atoms with Crippen LogP contribution in [-0.4, -0.2) is 34.6 Å². The largest absolute Gasteiger partial charge is 0.352 e. The average Bonchev–Trinajstić information content (AvgIpc) is 2.84. The molecule has 0 radical (unpaired) electrons. The molecule has 0 bridgehead atoms. The van der Waals surface area contributed by atoms with E-state index in [4.69, 9.17) is 0 Å². The van der Waals surface area contributed by atoms with Crippen molar-refractivity contribution in [1.82, 2.24) is 10.2 Å². The quantitative estimate of drug-likeness (QED) is 0.389. The second kappa shape index (κ2) is 13.0. The van der Waals surface area contributed by atoms with Crippen molar-refractivity contribution in [2.45, 2.75) is 44.6 Å². The Kier molecular flexibility index (Phi) is 9.85. The van der Waals surface area contributed by atoms with Gasteiger partial charge in [-0.05, 0) is 48.7 Å². The van der Waals surface area contributed by atoms with Gasteiger partial charge >= 0.3 is 0 Å². The maximum Gasteiger partial charge on any atom is 0.243 e. The van der Waals surface area contributed by atoms with E-state index in [-0.39, 0.29) is 41.8 Å². The highest BCUT2D eigenvalue weighted by molar-refractivity contribution is 7.99. The predicted molar refractivity (Wildman–Crippen MR) is 137 cm³/mol. The van der Waals surface area contributed by atoms with E-state index in [2.05, 4.69) is 5.32 Å². The summed E-state index contributed by atoms with van der Waals surface area (Å²) in [6.45, 7) is 3.89. The van der Waals surface area contributed by atoms with Crippen molar-refractivity contribution in [1.29, 1.82) is 0 Å². The zero-order valence-corrected chi connectivity index (χ0v) is 20.7. The molecule has 0 saturated carbocycles. The SMILES string of the molecule is CC(C)NC(=O)[C@@H](Cc1ccccc1)N(Cc1ccc(F)cc1)C(=O)CSCc1ccccc1F. The number of rotatable bonds is 11. The molecule has 0 fully saturated rings. The molecule has 35 heavy (non-hydrogen) atoms. The van der Waals surface area contributed by atoms with Crippen LogP contribution in [-0.2, 0) is 28.3 Å². The van der Waals surface area contributed by atoms with E-state index in [0.717, 1.165) is 5.56 Å². The molecule has 0 aromatic heterocycles. The Morgan fingerprint density at radius 3 is 2.20 bits per heavy atom. The third kappa shape index (κ3) is 8.21. The first-order chi connectivity index (χ1) is 16.8. The second-order valence-electron chi connectivity index (χ2n) is 8.60. The minimum absolute atomic E-state index is 0.0791. The number of thioether (sulfide) groups is 1. The summed E-state index contributed by atoms with van der Waals surface area (Å²) in [6.07, 6.45) is 0.338. The zero-order valence-electron chi connectivity index (χ0n) is 19.9. The van der Waals surface area contributed by atoms with Crippen LogP contribution in [0.4, 0.5) is 8.78 Å². The number of halogens is 2. The molecule has 0 aliphatic heterocycles. The Labute approximate surface area is 209 Å². The van der Waals surface area contributed by atoms with E-state index in [1.54, 1.807) is 35.2 Å². The topological polar surface area (TPSA) is 49.4 Å². The van der Waals surface area contributed by atoms with Gasteiger partial charge in [0.05, 0.1) is 5.75 Å². The lowest BCUT2D eigenvalue weighted by molar-refractivity contribution is -0.139. The van der Waals surface area contributed by atoms with Crippen molar-refractivity contribution < 1.29 is 18.4 Å². The van der Waals surface area contributed by atoms with Crippen LogP contribution < -0.4 is 5.32 Å². The van der Waals surface area contributed by atoms with Crippen LogP contribution in [0.3, 0.4) is 0 Å². The van der Waals surface area contributed by atoms with Crippen molar-refractivity contribution in [2.24, 2.45) is 0 Å². The summed E-state index contributed by atoms with van der Waals surface area (Å²) in [5, 5.41) is 2.93. The summed E-state index contributed by atoms with van der Waals surface area (Å²) in [5.41, 5.74) is 2.16. The Hall–Kier alpha value is -3.19. The highest BCUT2D eigenvalue weighted by atomic mass is 32.2. The first kappa shape index (κ1) is 26.4. The number of carbonyl (C=O) groups is 2. The lowest BCUT2D eigenvalue weighted by atomic mass is 10.0. The fourth-order valence-electron chi connectivity index (χ4n) is 3.67. The molecule has 1 N–H and O–H groups in total. The van der Waals surface area contributed by atoms with Gasteiger partial charge in [0.1, 0.15) is 17.7 Å². The Morgan fingerprint density at radius 2 is 1.54 bits per heavy atom. The fourth-order valence-corrected chi connectivity index (χ4v) is 4.56. The monoisotopic (exact) mass is 496 g/mol. The van der Waals surface area contributed by atoms with Crippen LogP contribution in [0.15, 0.2) is 78.9 Å². The van der Waals surface area contributed by atoms with Crippen LogP contribution in [0, 0.1) is 11.6 Å². The lowest BCUT2D eigenvalue weighted by Crippen LogP contribution is -2.52. The minimum Gasteiger partial charge on any atom is -0.352 e. The van der Waals surface area contributed by atoms with E-state index in [0.29, 0.717) is 23.3 Å². The van der Waals surface area contributed by atoms with Crippen molar-refractivity contribution in [3.05, 3.63) is 107 Å². The summed E-state index contributed by atoms with van der Waals surface area (Å²) in [4.78, 5) is 28.3. The molecular formula is C28H30F2N2O2S. The van der Waals surface area contributed by atoms with Crippen LogP contribution in [0.25, 0.3) is 0 Å². The van der Waals surface area contributed by atoms with E-state index < -0.39 is 6.04 Å². The molecule has 0 spiro atoms. The number of hydrogen-bond donors (Lipinski definition) is 1. The maximum absolute atomic E-state index is 14.0. The van der Waals surface area contributed by atoms with Gasteiger partial charge in [0.15, 0.2) is 0 Å². The van der Waals surface area contributed by atoms with Gasteiger partial charge in [-0.2, -0.15) is 0 Å². The summed E-state index contributed by atoms with van der Waals surface area (Å²) >= 11 is 1.30. The Bertz CT molecular complexity index is 1110. The third-order valence-electron chi connectivity index (χ3n) is 5.41. The molecule has 1 atom stereocenters. The third-order valence-corrected chi connectivity index (χ3v) is 6.38. The molecule has 4 nitrogen and oxygen atoms in total. The lowest BCUT2D eigenvalue weighted by Gasteiger charge is -2.32. The molecule has 2 amide bonds. The van der Waals surface area contributed by atoms with Crippen molar-refractivity contribution in [2.75, 3.05) is 5.75 Å². The van der Waals surface area contributed by atoms with E-state index in [9.17, 15) is 18.4 Å². The smallest absolute Gasteiger partial charge is 0.243 e. The highest BCUT2D eigenvalue weighted by Gasteiger charge is 2.30. The fraction of sp³-hybridized carbons (Fsp3) is 0.286. The van der Waals surface area contributed by atoms with Gasteiger partial charge in [-0.1, -0.05) is 60.7 Å². The first-order valence-corrected chi connectivity index (χ1v) is 12.7. The number of nitrogens with zero attached hydrogens (tertiary/aromatic N) is 1. The van der Waals surface area contributed by atoms with Gasteiger partial charge in [0.25, 0.3) is 0 Å². The summed E-state index contributed by atoms with van der Waals surface area (Å²) in [6, 6.07) is 21.0. The summed E-state index contributed by atoms with van der Waals surface area (Å²) in [5.74, 6) is -0.756. The van der Waals surface area contributed by atoms with Gasteiger partial charge in [-0.25, -0.2) is 8.78 Å². The molecule has 3 rings (SSSR count). The highest BCUT2D eigenvalue weighted by Crippen LogP contribution is 2.20. The molecule has 184 valence electrons. The number of nitrogens with one attached hydrogen (secondary N) is 1. The molecule has 0 aliphatic carbocycles. The normalized spacial score (nSPS) is 11.8. The standard InChI is InChI=1S/C28H30F2N2O2S/c1-20(2)31-28(34)26(16-21-8-4-3-5-9-21)32(17-22-12-14-24(29)15-13-22)27(33)19-35-18-23-10-6-7-11-25(23)30/h3-15,20,26H,16-19H2,1-2H3,(H,31,34)/t26-/m1/s1. The van der Waals surface area contributed by atoms with E-state index in [1.165, 1.54) is 30.0 Å². The number of carbonyl (C=O) groups excluding carboxylic acids is 2. The van der Waals surface area contributed by atoms with Crippen molar-refractivity contribution in [3.63, 3.8) is 0 Å². The average molecular weight is 497 g/mol. The number of hydrogen-bond acceptors (Lipinski definition) is 3. The molecule has 3 aromatic carbocycles. The van der Waals surface area contributed by atoms with Crippen LogP contribution in [0.1, 0.15) is 30.5 Å². The molecular weight excluding hydrogens is 466 g/mol. The molecule has 0 unspecified atom stereocenters.